The summed E-state index contributed by atoms with van der Waals surface area (Å²) < 4.78 is 0. The topological polar surface area (TPSA) is 111 Å². The van der Waals surface area contributed by atoms with Gasteiger partial charge in [0.1, 0.15) is 0 Å². The molecule has 192 valence electrons. The molecular formula is C31H28N3NaO4. The second-order valence-electron chi connectivity index (χ2n) is 9.73. The van der Waals surface area contributed by atoms with Crippen molar-refractivity contribution < 1.29 is 49.0 Å². The molecule has 1 saturated carbocycles. The van der Waals surface area contributed by atoms with E-state index < -0.39 is 17.4 Å². The van der Waals surface area contributed by atoms with Gasteiger partial charge in [-0.15, -0.1) is 0 Å². The fraction of sp³-hybridized carbons (Fsp3) is 0.226. The number of rotatable bonds is 8. The molecular weight excluding hydrogens is 501 g/mol. The molecule has 3 aromatic carbocycles. The maximum Gasteiger partial charge on any atom is 1.00 e. The molecule has 0 spiro atoms. The van der Waals surface area contributed by atoms with E-state index in [9.17, 15) is 19.5 Å². The van der Waals surface area contributed by atoms with Crippen LogP contribution in [0.3, 0.4) is 0 Å². The summed E-state index contributed by atoms with van der Waals surface area (Å²) in [6, 6.07) is 24.4. The van der Waals surface area contributed by atoms with Crippen molar-refractivity contribution in [1.29, 1.82) is 0 Å². The molecule has 1 heterocycles. The Balaban J connectivity index is 0.00000353. The average molecular weight is 530 g/mol. The zero-order valence-corrected chi connectivity index (χ0v) is 23.9. The number of nitrogens with one attached hydrogen (secondary N) is 2. The molecule has 8 heteroatoms. The fourth-order valence-corrected chi connectivity index (χ4v) is 5.32. The van der Waals surface area contributed by atoms with Gasteiger partial charge in [-0.3, -0.25) is 14.6 Å². The standard InChI is InChI=1S/C31H29N3O4.Na/c35-28(25-16-19-32-26-11-5-4-10-24(25)26)33-23-14-12-21(13-15-23)20-27(29(36)37)34-30(38)31(17-6-7-18-31)22-8-2-1-3-9-22;/h1-5,8-16,19,27H,6-7,17-18,20H2,(H,33,35)(H,34,38)(H,36,37);/q;+1/p-1. The van der Waals surface area contributed by atoms with Crippen molar-refractivity contribution in [3.63, 3.8) is 0 Å². The number of anilines is 1. The van der Waals surface area contributed by atoms with Gasteiger partial charge in [0.25, 0.3) is 5.91 Å². The molecule has 4 aromatic rings. The number of amides is 2. The molecule has 1 aliphatic rings. The zero-order chi connectivity index (χ0) is 26.5. The maximum atomic E-state index is 13.4. The molecule has 0 saturated heterocycles. The molecule has 2 amide bonds. The predicted octanol–water partition coefficient (Wildman–Crippen LogP) is 0.780. The zero-order valence-electron chi connectivity index (χ0n) is 21.9. The number of nitrogens with zero attached hydrogens (tertiary/aromatic N) is 1. The summed E-state index contributed by atoms with van der Waals surface area (Å²) in [5.74, 6) is -1.87. The molecule has 1 unspecified atom stereocenters. The van der Waals surface area contributed by atoms with Crippen molar-refractivity contribution in [2.24, 2.45) is 0 Å². The molecule has 1 fully saturated rings. The van der Waals surface area contributed by atoms with Crippen LogP contribution >= 0.6 is 0 Å². The van der Waals surface area contributed by atoms with Crippen molar-refractivity contribution in [2.45, 2.75) is 43.6 Å². The Bertz CT molecular complexity index is 1460. The number of fused-ring (bicyclic) bond motifs is 1. The van der Waals surface area contributed by atoms with Gasteiger partial charge in [0.2, 0.25) is 5.91 Å². The van der Waals surface area contributed by atoms with Gasteiger partial charge < -0.3 is 20.5 Å². The molecule has 0 aliphatic heterocycles. The Kier molecular flexibility index (Phi) is 9.17. The monoisotopic (exact) mass is 529 g/mol. The first kappa shape index (κ1) is 28.5. The summed E-state index contributed by atoms with van der Waals surface area (Å²) in [6.45, 7) is 0. The third-order valence-electron chi connectivity index (χ3n) is 7.35. The first-order chi connectivity index (χ1) is 18.5. The number of carbonyl (C=O) groups is 3. The summed E-state index contributed by atoms with van der Waals surface area (Å²) in [7, 11) is 0. The van der Waals surface area contributed by atoms with Crippen molar-refractivity contribution in [1.82, 2.24) is 10.3 Å². The largest absolute Gasteiger partial charge is 1.00 e. The number of carboxylic acids is 1. The van der Waals surface area contributed by atoms with Crippen LogP contribution in [0.1, 0.15) is 47.2 Å². The van der Waals surface area contributed by atoms with Crippen LogP contribution in [0, 0.1) is 0 Å². The molecule has 5 rings (SSSR count). The molecule has 1 atom stereocenters. The van der Waals surface area contributed by atoms with E-state index >= 15 is 0 Å². The van der Waals surface area contributed by atoms with Gasteiger partial charge in [-0.25, -0.2) is 0 Å². The van der Waals surface area contributed by atoms with Gasteiger partial charge in [-0.05, 0) is 54.7 Å². The van der Waals surface area contributed by atoms with Crippen LogP contribution in [-0.2, 0) is 21.4 Å². The summed E-state index contributed by atoms with van der Waals surface area (Å²) in [5, 5.41) is 18.4. The van der Waals surface area contributed by atoms with Crippen LogP contribution in [0.25, 0.3) is 10.9 Å². The van der Waals surface area contributed by atoms with Gasteiger partial charge in [0.15, 0.2) is 0 Å². The van der Waals surface area contributed by atoms with Crippen molar-refractivity contribution in [2.75, 3.05) is 5.32 Å². The van der Waals surface area contributed by atoms with E-state index in [-0.39, 0.29) is 47.8 Å². The summed E-state index contributed by atoms with van der Waals surface area (Å²) in [4.78, 5) is 42.6. The number of aliphatic carboxylic acids is 1. The minimum absolute atomic E-state index is 0. The van der Waals surface area contributed by atoms with Crippen molar-refractivity contribution in [3.05, 3.63) is 108 Å². The van der Waals surface area contributed by atoms with E-state index in [4.69, 9.17) is 0 Å². The van der Waals surface area contributed by atoms with Gasteiger partial charge in [0, 0.05) is 17.3 Å². The van der Waals surface area contributed by atoms with E-state index in [0.717, 1.165) is 29.3 Å². The number of carboxylic acid groups (broad SMARTS) is 1. The molecule has 1 aliphatic carbocycles. The fourth-order valence-electron chi connectivity index (χ4n) is 5.32. The third-order valence-corrected chi connectivity index (χ3v) is 7.35. The number of hydrogen-bond donors (Lipinski definition) is 2. The summed E-state index contributed by atoms with van der Waals surface area (Å²) >= 11 is 0. The first-order valence-corrected chi connectivity index (χ1v) is 12.8. The Morgan fingerprint density at radius 2 is 1.54 bits per heavy atom. The SMILES string of the molecule is O=C(Nc1ccc(CC(NC(=O)C2(c3ccccc3)CCCC2)C(=O)[O-])cc1)c1ccnc2ccccc12.[Na+]. The van der Waals surface area contributed by atoms with Gasteiger partial charge >= 0.3 is 29.6 Å². The molecule has 2 N–H and O–H groups in total. The normalized spacial score (nSPS) is 14.7. The smallest absolute Gasteiger partial charge is 0.548 e. The Labute approximate surface area is 249 Å². The molecule has 0 bridgehead atoms. The van der Waals surface area contributed by atoms with E-state index in [1.807, 2.05) is 54.6 Å². The quantitative estimate of drug-likeness (QED) is 0.328. The summed E-state index contributed by atoms with van der Waals surface area (Å²) in [5.41, 5.74) is 2.71. The van der Waals surface area contributed by atoms with Crippen molar-refractivity contribution >= 4 is 34.4 Å². The Morgan fingerprint density at radius 1 is 0.872 bits per heavy atom. The van der Waals surface area contributed by atoms with Crippen LogP contribution in [0.4, 0.5) is 5.69 Å². The number of pyridine rings is 1. The van der Waals surface area contributed by atoms with Gasteiger partial charge in [-0.2, -0.15) is 0 Å². The maximum absolute atomic E-state index is 13.4. The molecule has 39 heavy (non-hydrogen) atoms. The number of hydrogen-bond acceptors (Lipinski definition) is 5. The molecule has 0 radical (unpaired) electrons. The molecule has 1 aromatic heterocycles. The summed E-state index contributed by atoms with van der Waals surface area (Å²) in [6.07, 6.45) is 4.87. The number of benzene rings is 3. The van der Waals surface area contributed by atoms with E-state index in [2.05, 4.69) is 15.6 Å². The molecule has 7 nitrogen and oxygen atoms in total. The van der Waals surface area contributed by atoms with Crippen LogP contribution in [-0.4, -0.2) is 28.8 Å². The van der Waals surface area contributed by atoms with E-state index in [1.165, 1.54) is 0 Å². The van der Waals surface area contributed by atoms with Crippen molar-refractivity contribution in [3.8, 4) is 0 Å². The van der Waals surface area contributed by atoms with Crippen LogP contribution in [0.2, 0.25) is 0 Å². The Morgan fingerprint density at radius 3 is 2.23 bits per heavy atom. The van der Waals surface area contributed by atoms with Gasteiger partial charge in [-0.1, -0.05) is 73.5 Å². The third kappa shape index (κ3) is 6.22. The van der Waals surface area contributed by atoms with Crippen LogP contribution < -0.4 is 45.3 Å². The van der Waals surface area contributed by atoms with Crippen LogP contribution in [0.5, 0.6) is 0 Å². The number of aromatic nitrogens is 1. The van der Waals surface area contributed by atoms with E-state index in [1.54, 1.807) is 36.5 Å². The first-order valence-electron chi connectivity index (χ1n) is 12.8. The minimum atomic E-state index is -1.33. The van der Waals surface area contributed by atoms with E-state index in [0.29, 0.717) is 29.7 Å². The number of para-hydroxylation sites is 1. The Hall–Kier alpha value is -3.52. The number of carbonyl (C=O) groups excluding carboxylic acids is 3. The second kappa shape index (κ2) is 12.6. The van der Waals surface area contributed by atoms with Crippen LogP contribution in [0.15, 0.2) is 91.1 Å². The average Bonchev–Trinajstić information content (AvgIpc) is 3.45. The minimum Gasteiger partial charge on any atom is -0.548 e. The van der Waals surface area contributed by atoms with Gasteiger partial charge in [0.05, 0.1) is 28.5 Å². The predicted molar refractivity (Wildman–Crippen MR) is 143 cm³/mol. The second-order valence-corrected chi connectivity index (χ2v) is 9.73.